The molecule has 0 fully saturated rings. The average Bonchev–Trinajstić information content (AvgIpc) is 2.92. The number of carbonyl (C=O) groups is 1. The second kappa shape index (κ2) is 7.58. The lowest BCUT2D eigenvalue weighted by molar-refractivity contribution is -0.116. The first kappa shape index (κ1) is 19.2. The standard InChI is InChI=1S/C18H18ClN3O4S/c1-9-10(2)27-17-16(9)18(24)22(8-20-17)7-15(23)21-12-5-11(19)13(25-3)6-14(12)26-4/h5-6,8H,7H2,1-4H3,(H,21,23). The number of nitrogens with zero attached hydrogens (tertiary/aromatic N) is 2. The second-order valence-corrected chi connectivity index (χ2v) is 7.49. The molecule has 142 valence electrons. The number of anilines is 1. The number of aromatic nitrogens is 2. The van der Waals surface area contributed by atoms with Gasteiger partial charge in [-0.1, -0.05) is 11.6 Å². The quantitative estimate of drug-likeness (QED) is 0.701. The third-order valence-electron chi connectivity index (χ3n) is 4.22. The van der Waals surface area contributed by atoms with Crippen LogP contribution >= 0.6 is 22.9 Å². The number of methoxy groups -OCH3 is 2. The van der Waals surface area contributed by atoms with Gasteiger partial charge in [0.1, 0.15) is 22.9 Å². The summed E-state index contributed by atoms with van der Waals surface area (Å²) in [5.41, 5.74) is 1.04. The van der Waals surface area contributed by atoms with Crippen LogP contribution in [0.1, 0.15) is 10.4 Å². The molecule has 0 saturated heterocycles. The van der Waals surface area contributed by atoms with Gasteiger partial charge in [0.05, 0.1) is 36.6 Å². The lowest BCUT2D eigenvalue weighted by Gasteiger charge is -2.13. The summed E-state index contributed by atoms with van der Waals surface area (Å²) in [5.74, 6) is 0.429. The van der Waals surface area contributed by atoms with E-state index < -0.39 is 5.91 Å². The van der Waals surface area contributed by atoms with Crippen molar-refractivity contribution in [3.8, 4) is 11.5 Å². The van der Waals surface area contributed by atoms with Crippen LogP contribution in [0.25, 0.3) is 10.2 Å². The summed E-state index contributed by atoms with van der Waals surface area (Å²) in [5, 5.41) is 3.59. The van der Waals surface area contributed by atoms with Crippen LogP contribution in [-0.2, 0) is 11.3 Å². The van der Waals surface area contributed by atoms with Crippen LogP contribution in [0.4, 0.5) is 5.69 Å². The van der Waals surface area contributed by atoms with Crippen molar-refractivity contribution in [1.29, 1.82) is 0 Å². The fraction of sp³-hybridized carbons (Fsp3) is 0.278. The summed E-state index contributed by atoms with van der Waals surface area (Å²) in [6.07, 6.45) is 1.39. The highest BCUT2D eigenvalue weighted by molar-refractivity contribution is 7.18. The molecule has 0 aliphatic carbocycles. The van der Waals surface area contributed by atoms with Crippen LogP contribution in [-0.4, -0.2) is 29.7 Å². The summed E-state index contributed by atoms with van der Waals surface area (Å²) in [4.78, 5) is 31.2. The number of hydrogen-bond acceptors (Lipinski definition) is 6. The molecule has 0 unspecified atom stereocenters. The number of ether oxygens (including phenoxy) is 2. The molecule has 2 aromatic heterocycles. The molecule has 2 heterocycles. The minimum absolute atomic E-state index is 0.178. The first-order valence-corrected chi connectivity index (χ1v) is 9.21. The van der Waals surface area contributed by atoms with Gasteiger partial charge < -0.3 is 14.8 Å². The predicted octanol–water partition coefficient (Wildman–Crippen LogP) is 3.38. The minimum Gasteiger partial charge on any atom is -0.495 e. The number of halogens is 1. The van der Waals surface area contributed by atoms with E-state index in [1.165, 1.54) is 42.5 Å². The number of rotatable bonds is 5. The average molecular weight is 408 g/mol. The van der Waals surface area contributed by atoms with Gasteiger partial charge in [-0.05, 0) is 25.5 Å². The largest absolute Gasteiger partial charge is 0.495 e. The van der Waals surface area contributed by atoms with E-state index in [4.69, 9.17) is 21.1 Å². The zero-order chi connectivity index (χ0) is 19.7. The Morgan fingerprint density at radius 3 is 2.63 bits per heavy atom. The molecular weight excluding hydrogens is 390 g/mol. The molecule has 3 aromatic rings. The van der Waals surface area contributed by atoms with E-state index in [1.54, 1.807) is 6.07 Å². The fourth-order valence-electron chi connectivity index (χ4n) is 2.68. The molecule has 27 heavy (non-hydrogen) atoms. The normalized spacial score (nSPS) is 10.9. The topological polar surface area (TPSA) is 82.4 Å². The van der Waals surface area contributed by atoms with Gasteiger partial charge >= 0.3 is 0 Å². The van der Waals surface area contributed by atoms with Crippen molar-refractivity contribution >= 4 is 44.7 Å². The minimum atomic E-state index is -0.401. The molecule has 1 N–H and O–H groups in total. The summed E-state index contributed by atoms with van der Waals surface area (Å²) >= 11 is 7.58. The predicted molar refractivity (Wildman–Crippen MR) is 107 cm³/mol. The second-order valence-electron chi connectivity index (χ2n) is 5.88. The van der Waals surface area contributed by atoms with Gasteiger partial charge in [-0.15, -0.1) is 11.3 Å². The number of carbonyl (C=O) groups excluding carboxylic acids is 1. The van der Waals surface area contributed by atoms with Gasteiger partial charge in [0, 0.05) is 10.9 Å². The zero-order valence-electron chi connectivity index (χ0n) is 15.3. The highest BCUT2D eigenvalue weighted by atomic mass is 35.5. The lowest BCUT2D eigenvalue weighted by atomic mass is 10.2. The van der Waals surface area contributed by atoms with E-state index >= 15 is 0 Å². The third kappa shape index (κ3) is 3.63. The molecule has 0 radical (unpaired) electrons. The summed E-state index contributed by atoms with van der Waals surface area (Å²) in [6, 6.07) is 3.11. The number of hydrogen-bond donors (Lipinski definition) is 1. The van der Waals surface area contributed by atoms with E-state index in [0.29, 0.717) is 32.4 Å². The highest BCUT2D eigenvalue weighted by Crippen LogP contribution is 2.35. The van der Waals surface area contributed by atoms with Gasteiger partial charge in [-0.3, -0.25) is 14.2 Å². The van der Waals surface area contributed by atoms with Crippen molar-refractivity contribution in [3.05, 3.63) is 44.3 Å². The van der Waals surface area contributed by atoms with Crippen LogP contribution in [0.3, 0.4) is 0 Å². The van der Waals surface area contributed by atoms with Gasteiger partial charge in [0.2, 0.25) is 5.91 Å². The van der Waals surface area contributed by atoms with Crippen LogP contribution in [0.5, 0.6) is 11.5 Å². The molecule has 0 spiro atoms. The molecule has 1 amide bonds. The van der Waals surface area contributed by atoms with Gasteiger partial charge in [-0.2, -0.15) is 0 Å². The van der Waals surface area contributed by atoms with Crippen LogP contribution in [0, 0.1) is 13.8 Å². The molecule has 7 nitrogen and oxygen atoms in total. The Hall–Kier alpha value is -2.58. The Morgan fingerprint density at radius 2 is 1.96 bits per heavy atom. The maximum absolute atomic E-state index is 12.7. The first-order chi connectivity index (χ1) is 12.8. The summed E-state index contributed by atoms with van der Waals surface area (Å²) < 4.78 is 11.7. The van der Waals surface area contributed by atoms with Crippen molar-refractivity contribution in [2.75, 3.05) is 19.5 Å². The number of fused-ring (bicyclic) bond motifs is 1. The smallest absolute Gasteiger partial charge is 0.262 e. The molecule has 0 atom stereocenters. The monoisotopic (exact) mass is 407 g/mol. The SMILES string of the molecule is COc1cc(OC)c(NC(=O)Cn2cnc3sc(C)c(C)c3c2=O)cc1Cl. The number of benzene rings is 1. The van der Waals surface area contributed by atoms with Crippen molar-refractivity contribution in [2.45, 2.75) is 20.4 Å². The van der Waals surface area contributed by atoms with E-state index in [0.717, 1.165) is 10.4 Å². The van der Waals surface area contributed by atoms with Gasteiger partial charge in [0.15, 0.2) is 0 Å². The van der Waals surface area contributed by atoms with Crippen molar-refractivity contribution < 1.29 is 14.3 Å². The molecule has 0 saturated carbocycles. The van der Waals surface area contributed by atoms with Crippen molar-refractivity contribution in [2.24, 2.45) is 0 Å². The molecule has 0 aliphatic rings. The number of aryl methyl sites for hydroxylation is 2. The van der Waals surface area contributed by atoms with Crippen molar-refractivity contribution in [1.82, 2.24) is 9.55 Å². The lowest BCUT2D eigenvalue weighted by Crippen LogP contribution is -2.28. The van der Waals surface area contributed by atoms with Gasteiger partial charge in [0.25, 0.3) is 5.56 Å². The van der Waals surface area contributed by atoms with E-state index in [1.807, 2.05) is 13.8 Å². The maximum Gasteiger partial charge on any atom is 0.262 e. The van der Waals surface area contributed by atoms with Crippen LogP contribution < -0.4 is 20.3 Å². The molecule has 1 aromatic carbocycles. The van der Waals surface area contributed by atoms with Gasteiger partial charge in [-0.25, -0.2) is 4.98 Å². The number of amides is 1. The molecule has 3 rings (SSSR count). The summed E-state index contributed by atoms with van der Waals surface area (Å²) in [7, 11) is 2.96. The zero-order valence-corrected chi connectivity index (χ0v) is 16.8. The molecule has 0 bridgehead atoms. The van der Waals surface area contributed by atoms with E-state index in [-0.39, 0.29) is 12.1 Å². The van der Waals surface area contributed by atoms with E-state index in [9.17, 15) is 9.59 Å². The fourth-order valence-corrected chi connectivity index (χ4v) is 3.91. The maximum atomic E-state index is 12.7. The van der Waals surface area contributed by atoms with Crippen molar-refractivity contribution in [3.63, 3.8) is 0 Å². The number of thiophene rings is 1. The van der Waals surface area contributed by atoms with Crippen LogP contribution in [0.15, 0.2) is 23.3 Å². The molecule has 0 aliphatic heterocycles. The summed E-state index contributed by atoms with van der Waals surface area (Å²) in [6.45, 7) is 3.65. The Bertz CT molecular complexity index is 1090. The molecular formula is C18H18ClN3O4S. The highest BCUT2D eigenvalue weighted by Gasteiger charge is 2.16. The Labute approximate surface area is 164 Å². The Balaban J connectivity index is 1.88. The Morgan fingerprint density at radius 1 is 1.26 bits per heavy atom. The third-order valence-corrected chi connectivity index (χ3v) is 5.63. The van der Waals surface area contributed by atoms with Crippen LogP contribution in [0.2, 0.25) is 5.02 Å². The number of nitrogens with one attached hydrogen (secondary N) is 1. The van der Waals surface area contributed by atoms with E-state index in [2.05, 4.69) is 10.3 Å². The first-order valence-electron chi connectivity index (χ1n) is 8.02. The molecule has 9 heteroatoms. The Kier molecular flexibility index (Phi) is 5.38.